The zero-order valence-electron chi connectivity index (χ0n) is 14.8. The first-order chi connectivity index (χ1) is 13.5. The van der Waals surface area contributed by atoms with Gasteiger partial charge in [0.05, 0.1) is 0 Å². The molecule has 0 unspecified atom stereocenters. The van der Waals surface area contributed by atoms with E-state index in [0.717, 1.165) is 26.6 Å². The van der Waals surface area contributed by atoms with Crippen molar-refractivity contribution in [3.05, 3.63) is 70.9 Å². The van der Waals surface area contributed by atoms with Crippen molar-refractivity contribution in [2.45, 2.75) is 6.92 Å². The van der Waals surface area contributed by atoms with Gasteiger partial charge in [0, 0.05) is 0 Å². The Hall–Kier alpha value is -3.28. The standard InChI is InChI=1S/C21H15N3O3Se/c1-12(25)13-2-4-14(5-3-13)17-10-20(23-11-22-17)24-16-6-7-18-15(8-16)9-19(28-18)21(26)27/h2-11H,1H3,(H,26,27)(H,22,23,24). The Labute approximate surface area is 166 Å². The minimum atomic E-state index is -0.859. The molecular weight excluding hydrogens is 421 g/mol. The molecular formula is C21H15N3O3Se. The molecule has 0 saturated carbocycles. The van der Waals surface area contributed by atoms with Crippen molar-refractivity contribution in [2.75, 3.05) is 5.32 Å². The summed E-state index contributed by atoms with van der Waals surface area (Å²) in [6.45, 7) is 1.54. The number of carbonyl (C=O) groups excluding carboxylic acids is 1. The van der Waals surface area contributed by atoms with E-state index in [1.54, 1.807) is 18.2 Å². The van der Waals surface area contributed by atoms with Crippen LogP contribution in [0.5, 0.6) is 0 Å². The van der Waals surface area contributed by atoms with Crippen LogP contribution in [0.3, 0.4) is 0 Å². The molecule has 0 aliphatic carbocycles. The van der Waals surface area contributed by atoms with Gasteiger partial charge in [0.15, 0.2) is 5.78 Å². The van der Waals surface area contributed by atoms with Crippen molar-refractivity contribution < 1.29 is 14.7 Å². The monoisotopic (exact) mass is 437 g/mol. The molecule has 0 amide bonds. The number of rotatable bonds is 5. The van der Waals surface area contributed by atoms with E-state index in [2.05, 4.69) is 15.3 Å². The molecule has 0 radical (unpaired) electrons. The molecule has 28 heavy (non-hydrogen) atoms. The number of fused-ring (bicyclic) bond motifs is 1. The summed E-state index contributed by atoms with van der Waals surface area (Å²) < 4.78 is 1.52. The Morgan fingerprint density at radius 3 is 2.50 bits per heavy atom. The number of anilines is 2. The third kappa shape index (κ3) is 3.71. The van der Waals surface area contributed by atoms with Gasteiger partial charge in [0.25, 0.3) is 0 Å². The van der Waals surface area contributed by atoms with Crippen LogP contribution in [0.2, 0.25) is 0 Å². The first kappa shape index (κ1) is 18.1. The van der Waals surface area contributed by atoms with Gasteiger partial charge in [-0.3, -0.25) is 4.79 Å². The third-order valence-electron chi connectivity index (χ3n) is 4.25. The molecule has 4 rings (SSSR count). The molecule has 0 fully saturated rings. The number of ketones is 1. The summed E-state index contributed by atoms with van der Waals surface area (Å²) in [4.78, 5) is 31.2. The number of carbonyl (C=O) groups is 2. The fraction of sp³-hybridized carbons (Fsp3) is 0.0476. The van der Waals surface area contributed by atoms with Crippen LogP contribution in [0.1, 0.15) is 26.5 Å². The van der Waals surface area contributed by atoms with Crippen LogP contribution in [0.4, 0.5) is 11.5 Å². The van der Waals surface area contributed by atoms with Gasteiger partial charge < -0.3 is 0 Å². The van der Waals surface area contributed by atoms with Gasteiger partial charge >= 0.3 is 149 Å². The second-order valence-corrected chi connectivity index (χ2v) is 8.49. The minimum absolute atomic E-state index is 0.0229. The van der Waals surface area contributed by atoms with Gasteiger partial charge in [-0.2, -0.15) is 0 Å². The number of carboxylic acid groups (broad SMARTS) is 1. The molecule has 6 nitrogen and oxygen atoms in total. The maximum absolute atomic E-state index is 11.4. The summed E-state index contributed by atoms with van der Waals surface area (Å²) in [5.74, 6) is -0.205. The Morgan fingerprint density at radius 1 is 1.00 bits per heavy atom. The summed E-state index contributed by atoms with van der Waals surface area (Å²) in [5, 5.41) is 13.3. The number of hydrogen-bond acceptors (Lipinski definition) is 5. The molecule has 7 heteroatoms. The number of carboxylic acids is 1. The summed E-state index contributed by atoms with van der Waals surface area (Å²) in [5.41, 5.74) is 3.12. The van der Waals surface area contributed by atoms with Crippen molar-refractivity contribution in [1.29, 1.82) is 0 Å². The van der Waals surface area contributed by atoms with Gasteiger partial charge in [-0.15, -0.1) is 0 Å². The number of Topliss-reactive ketones (excluding diaryl/α,β-unsaturated/α-hetero) is 1. The molecule has 138 valence electrons. The van der Waals surface area contributed by atoms with Crippen LogP contribution in [0.25, 0.3) is 20.9 Å². The van der Waals surface area contributed by atoms with E-state index >= 15 is 0 Å². The summed E-state index contributed by atoms with van der Waals surface area (Å²) >= 11 is -0.159. The maximum atomic E-state index is 11.4. The van der Waals surface area contributed by atoms with Crippen molar-refractivity contribution >= 4 is 47.4 Å². The average Bonchev–Trinajstić information content (AvgIpc) is 3.12. The molecule has 0 saturated heterocycles. The van der Waals surface area contributed by atoms with E-state index in [1.807, 2.05) is 36.4 Å². The van der Waals surface area contributed by atoms with Gasteiger partial charge in [0.1, 0.15) is 0 Å². The molecule has 0 bridgehead atoms. The van der Waals surface area contributed by atoms with E-state index in [-0.39, 0.29) is 20.3 Å². The average molecular weight is 436 g/mol. The van der Waals surface area contributed by atoms with E-state index in [9.17, 15) is 14.7 Å². The van der Waals surface area contributed by atoms with Crippen LogP contribution >= 0.6 is 0 Å². The van der Waals surface area contributed by atoms with Crippen molar-refractivity contribution in [2.24, 2.45) is 0 Å². The van der Waals surface area contributed by atoms with Crippen molar-refractivity contribution in [1.82, 2.24) is 9.97 Å². The van der Waals surface area contributed by atoms with Crippen LogP contribution < -0.4 is 5.32 Å². The Kier molecular flexibility index (Phi) is 4.77. The fourth-order valence-corrected chi connectivity index (χ4v) is 4.68. The summed E-state index contributed by atoms with van der Waals surface area (Å²) in [7, 11) is 0. The molecule has 2 heterocycles. The van der Waals surface area contributed by atoms with Gasteiger partial charge in [-0.25, -0.2) is 0 Å². The SMILES string of the molecule is CC(=O)c1ccc(-c2cc(Nc3ccc4[se]c(C(=O)O)cc4c3)ncn2)cc1. The fourth-order valence-electron chi connectivity index (χ4n) is 2.83. The predicted molar refractivity (Wildman–Crippen MR) is 109 cm³/mol. The molecule has 2 N–H and O–H groups in total. The van der Waals surface area contributed by atoms with Crippen molar-refractivity contribution in [3.8, 4) is 11.3 Å². The first-order valence-corrected chi connectivity index (χ1v) is 10.2. The predicted octanol–water partition coefficient (Wildman–Crippen LogP) is 4.00. The molecule has 0 aliphatic heterocycles. The normalized spacial score (nSPS) is 10.8. The zero-order chi connectivity index (χ0) is 19.7. The molecule has 4 aromatic rings. The first-order valence-electron chi connectivity index (χ1n) is 8.47. The topological polar surface area (TPSA) is 92.2 Å². The second kappa shape index (κ2) is 7.38. The van der Waals surface area contributed by atoms with Crippen LogP contribution in [0, 0.1) is 0 Å². The number of nitrogens with one attached hydrogen (secondary N) is 1. The molecule has 0 spiro atoms. The molecule has 0 aliphatic rings. The van der Waals surface area contributed by atoms with E-state index in [4.69, 9.17) is 0 Å². The van der Waals surface area contributed by atoms with E-state index in [0.29, 0.717) is 15.8 Å². The number of aromatic nitrogens is 2. The van der Waals surface area contributed by atoms with Gasteiger partial charge in [-0.1, -0.05) is 0 Å². The van der Waals surface area contributed by atoms with Crippen LogP contribution in [0.15, 0.2) is 60.9 Å². The number of hydrogen-bond donors (Lipinski definition) is 2. The number of nitrogens with zero attached hydrogens (tertiary/aromatic N) is 2. The van der Waals surface area contributed by atoms with Crippen molar-refractivity contribution in [3.63, 3.8) is 0 Å². The third-order valence-corrected chi connectivity index (χ3v) is 6.57. The Balaban J connectivity index is 1.60. The van der Waals surface area contributed by atoms with E-state index in [1.165, 1.54) is 13.3 Å². The summed E-state index contributed by atoms with van der Waals surface area (Å²) in [6, 6.07) is 16.6. The van der Waals surface area contributed by atoms with Crippen LogP contribution in [-0.4, -0.2) is 41.3 Å². The zero-order valence-corrected chi connectivity index (χ0v) is 16.6. The Bertz CT molecular complexity index is 1200. The number of benzene rings is 2. The second-order valence-electron chi connectivity index (χ2n) is 6.22. The molecule has 0 atom stereocenters. The quantitative estimate of drug-likeness (QED) is 0.363. The van der Waals surface area contributed by atoms with Crippen LogP contribution in [-0.2, 0) is 0 Å². The van der Waals surface area contributed by atoms with Gasteiger partial charge in [0.2, 0.25) is 0 Å². The number of aromatic carboxylic acids is 1. The summed E-state index contributed by atoms with van der Waals surface area (Å²) in [6.07, 6.45) is 1.48. The van der Waals surface area contributed by atoms with Gasteiger partial charge in [-0.05, 0) is 6.92 Å². The Morgan fingerprint density at radius 2 is 1.79 bits per heavy atom. The van der Waals surface area contributed by atoms with E-state index < -0.39 is 5.97 Å². The molecule has 2 aromatic heterocycles. The molecule has 2 aromatic carbocycles.